The second-order valence-electron chi connectivity index (χ2n) is 6.40. The molecule has 0 aliphatic carbocycles. The zero-order chi connectivity index (χ0) is 18.8. The van der Waals surface area contributed by atoms with Gasteiger partial charge in [-0.1, -0.05) is 36.4 Å². The van der Waals surface area contributed by atoms with E-state index in [-0.39, 0.29) is 11.5 Å². The van der Waals surface area contributed by atoms with Crippen LogP contribution >= 0.6 is 0 Å². The first-order chi connectivity index (χ1) is 13.1. The van der Waals surface area contributed by atoms with Crippen molar-refractivity contribution < 1.29 is 9.59 Å². The molecular formula is C20H18N4O3. The van der Waals surface area contributed by atoms with Gasteiger partial charge in [-0.15, -0.1) is 0 Å². The summed E-state index contributed by atoms with van der Waals surface area (Å²) in [5.41, 5.74) is 0.948. The van der Waals surface area contributed by atoms with E-state index in [1.54, 1.807) is 24.4 Å². The first-order valence-corrected chi connectivity index (χ1v) is 8.74. The minimum Gasteiger partial charge on any atom is -0.353 e. The largest absolute Gasteiger partial charge is 0.353 e. The molecule has 0 saturated carbocycles. The van der Waals surface area contributed by atoms with E-state index < -0.39 is 17.5 Å². The normalized spacial score (nSPS) is 17.0. The molecule has 0 bridgehead atoms. The third-order valence-electron chi connectivity index (χ3n) is 4.71. The minimum absolute atomic E-state index is 0.0357. The Morgan fingerprint density at radius 1 is 1.11 bits per heavy atom. The summed E-state index contributed by atoms with van der Waals surface area (Å²) in [7, 11) is 0. The summed E-state index contributed by atoms with van der Waals surface area (Å²) >= 11 is 0. The zero-order valence-corrected chi connectivity index (χ0v) is 14.5. The average molecular weight is 362 g/mol. The van der Waals surface area contributed by atoms with Gasteiger partial charge in [0, 0.05) is 31.9 Å². The number of hydrogen-bond donors (Lipinski definition) is 1. The van der Waals surface area contributed by atoms with Gasteiger partial charge in [0.15, 0.2) is 0 Å². The fraction of sp³-hybridized carbons (Fsp3) is 0.200. The van der Waals surface area contributed by atoms with Crippen molar-refractivity contribution in [3.05, 3.63) is 82.4 Å². The summed E-state index contributed by atoms with van der Waals surface area (Å²) < 4.78 is 1.34. The predicted octanol–water partition coefficient (Wildman–Crippen LogP) is 0.878. The van der Waals surface area contributed by atoms with Crippen LogP contribution in [0.5, 0.6) is 0 Å². The van der Waals surface area contributed by atoms with Crippen LogP contribution in [0.15, 0.2) is 65.7 Å². The second kappa shape index (κ2) is 7.03. The van der Waals surface area contributed by atoms with Gasteiger partial charge in [-0.25, -0.2) is 4.98 Å². The third-order valence-corrected chi connectivity index (χ3v) is 4.71. The Kier molecular flexibility index (Phi) is 4.42. The van der Waals surface area contributed by atoms with Crippen LogP contribution in [0.2, 0.25) is 0 Å². The molecule has 27 heavy (non-hydrogen) atoms. The molecule has 0 radical (unpaired) electrons. The van der Waals surface area contributed by atoms with Crippen LogP contribution in [0, 0.1) is 0 Å². The van der Waals surface area contributed by atoms with Crippen molar-refractivity contribution in [1.29, 1.82) is 0 Å². The van der Waals surface area contributed by atoms with Crippen LogP contribution in [0.1, 0.15) is 15.9 Å². The van der Waals surface area contributed by atoms with E-state index in [2.05, 4.69) is 10.3 Å². The number of hydrogen-bond acceptors (Lipinski definition) is 4. The Morgan fingerprint density at radius 3 is 2.70 bits per heavy atom. The fourth-order valence-corrected chi connectivity index (χ4v) is 3.33. The number of benzene rings is 1. The highest BCUT2D eigenvalue weighted by molar-refractivity contribution is 5.98. The van der Waals surface area contributed by atoms with Gasteiger partial charge in [-0.05, 0) is 17.7 Å². The molecule has 1 atom stereocenters. The molecule has 136 valence electrons. The molecule has 7 nitrogen and oxygen atoms in total. The number of fused-ring (bicyclic) bond motifs is 1. The monoisotopic (exact) mass is 362 g/mol. The molecule has 1 fully saturated rings. The molecule has 2 amide bonds. The number of carbonyl (C=O) groups excluding carboxylic acids is 2. The lowest BCUT2D eigenvalue weighted by molar-refractivity contribution is -0.127. The van der Waals surface area contributed by atoms with Gasteiger partial charge in [0.2, 0.25) is 5.91 Å². The van der Waals surface area contributed by atoms with E-state index in [0.717, 1.165) is 5.56 Å². The van der Waals surface area contributed by atoms with Crippen molar-refractivity contribution in [1.82, 2.24) is 19.6 Å². The quantitative estimate of drug-likeness (QED) is 0.750. The average Bonchev–Trinajstić information content (AvgIpc) is 2.70. The standard InChI is InChI=1S/C20H18N4O3/c25-18-16(12-14-6-2-1-3-7-14)23(11-9-21-18)19(26)15-13-22-17-8-4-5-10-24(17)20(15)27/h1-8,10,13,16H,9,11-12H2,(H,21,25)/t16-/m1/s1. The lowest BCUT2D eigenvalue weighted by Crippen LogP contribution is -2.58. The Morgan fingerprint density at radius 2 is 1.89 bits per heavy atom. The van der Waals surface area contributed by atoms with Gasteiger partial charge in [-0.2, -0.15) is 0 Å². The number of nitrogens with one attached hydrogen (secondary N) is 1. The Hall–Kier alpha value is -3.48. The van der Waals surface area contributed by atoms with Crippen LogP contribution in [0.4, 0.5) is 0 Å². The molecule has 0 spiro atoms. The predicted molar refractivity (Wildman–Crippen MR) is 99.4 cm³/mol. The van der Waals surface area contributed by atoms with E-state index in [4.69, 9.17) is 0 Å². The van der Waals surface area contributed by atoms with E-state index in [0.29, 0.717) is 25.2 Å². The number of carbonyl (C=O) groups is 2. The lowest BCUT2D eigenvalue weighted by atomic mass is 10.0. The fourth-order valence-electron chi connectivity index (χ4n) is 3.33. The van der Waals surface area contributed by atoms with Crippen LogP contribution in [-0.2, 0) is 11.2 Å². The van der Waals surface area contributed by atoms with Crippen molar-refractivity contribution in [2.45, 2.75) is 12.5 Å². The maximum absolute atomic E-state index is 13.1. The molecular weight excluding hydrogens is 344 g/mol. The summed E-state index contributed by atoms with van der Waals surface area (Å²) in [6.45, 7) is 0.706. The number of amides is 2. The number of aromatic nitrogens is 2. The van der Waals surface area contributed by atoms with E-state index >= 15 is 0 Å². The van der Waals surface area contributed by atoms with Crippen molar-refractivity contribution in [2.75, 3.05) is 13.1 Å². The molecule has 1 aliphatic heterocycles. The van der Waals surface area contributed by atoms with Gasteiger partial charge in [-0.3, -0.25) is 18.8 Å². The highest BCUT2D eigenvalue weighted by Gasteiger charge is 2.34. The highest BCUT2D eigenvalue weighted by Crippen LogP contribution is 2.14. The molecule has 7 heteroatoms. The number of rotatable bonds is 3. The maximum Gasteiger partial charge on any atom is 0.270 e. The van der Waals surface area contributed by atoms with E-state index in [9.17, 15) is 14.4 Å². The summed E-state index contributed by atoms with van der Waals surface area (Å²) in [4.78, 5) is 43.9. The van der Waals surface area contributed by atoms with Crippen molar-refractivity contribution in [3.8, 4) is 0 Å². The van der Waals surface area contributed by atoms with Gasteiger partial charge in [0.05, 0.1) is 0 Å². The topological polar surface area (TPSA) is 83.8 Å². The molecule has 1 saturated heterocycles. The van der Waals surface area contributed by atoms with Crippen LogP contribution in [-0.4, -0.2) is 45.2 Å². The SMILES string of the molecule is O=C1NCCN(C(=O)c2cnc3ccccn3c2=O)[C@@H]1Cc1ccccc1. The number of nitrogens with zero attached hydrogens (tertiary/aromatic N) is 3. The smallest absolute Gasteiger partial charge is 0.270 e. The summed E-state index contributed by atoms with van der Waals surface area (Å²) in [6.07, 6.45) is 3.26. The molecule has 3 heterocycles. The first kappa shape index (κ1) is 17.0. The third kappa shape index (κ3) is 3.19. The number of pyridine rings is 1. The summed E-state index contributed by atoms with van der Waals surface area (Å²) in [5.74, 6) is -0.686. The first-order valence-electron chi connectivity index (χ1n) is 8.74. The van der Waals surface area contributed by atoms with Gasteiger partial charge in [0.1, 0.15) is 17.3 Å². The second-order valence-corrected chi connectivity index (χ2v) is 6.40. The lowest BCUT2D eigenvalue weighted by Gasteiger charge is -2.35. The molecule has 2 aromatic heterocycles. The molecule has 0 unspecified atom stereocenters. The molecule has 3 aromatic rings. The molecule has 1 aromatic carbocycles. The van der Waals surface area contributed by atoms with E-state index in [1.807, 2.05) is 30.3 Å². The summed E-state index contributed by atoms with van der Waals surface area (Å²) in [5, 5.41) is 2.80. The van der Waals surface area contributed by atoms with Gasteiger partial charge < -0.3 is 10.2 Å². The van der Waals surface area contributed by atoms with Crippen LogP contribution in [0.25, 0.3) is 5.65 Å². The molecule has 4 rings (SSSR count). The molecule has 1 N–H and O–H groups in total. The zero-order valence-electron chi connectivity index (χ0n) is 14.5. The van der Waals surface area contributed by atoms with Crippen molar-refractivity contribution in [3.63, 3.8) is 0 Å². The van der Waals surface area contributed by atoms with Crippen LogP contribution < -0.4 is 10.9 Å². The summed E-state index contributed by atoms with van der Waals surface area (Å²) in [6, 6.07) is 14.0. The Balaban J connectivity index is 1.69. The van der Waals surface area contributed by atoms with Crippen LogP contribution in [0.3, 0.4) is 0 Å². The van der Waals surface area contributed by atoms with Crippen molar-refractivity contribution >= 4 is 17.5 Å². The molecule has 1 aliphatic rings. The Bertz CT molecular complexity index is 1060. The Labute approximate surface area is 155 Å². The van der Waals surface area contributed by atoms with Gasteiger partial charge in [0.25, 0.3) is 11.5 Å². The van der Waals surface area contributed by atoms with Crippen molar-refractivity contribution in [2.24, 2.45) is 0 Å². The minimum atomic E-state index is -0.662. The maximum atomic E-state index is 13.1. The highest BCUT2D eigenvalue weighted by atomic mass is 16.2. The van der Waals surface area contributed by atoms with E-state index in [1.165, 1.54) is 15.5 Å². The number of piperazine rings is 1. The van der Waals surface area contributed by atoms with Gasteiger partial charge >= 0.3 is 0 Å².